The third kappa shape index (κ3) is 4.51. The topological polar surface area (TPSA) is 79.2 Å². The Morgan fingerprint density at radius 2 is 1.92 bits per heavy atom. The van der Waals surface area contributed by atoms with E-state index in [9.17, 15) is 9.90 Å². The average molecular weight is 344 g/mol. The lowest BCUT2D eigenvalue weighted by Crippen LogP contribution is -2.46. The third-order valence-electron chi connectivity index (χ3n) is 5.08. The largest absolute Gasteiger partial charge is 0.388 e. The summed E-state index contributed by atoms with van der Waals surface area (Å²) >= 11 is 0. The summed E-state index contributed by atoms with van der Waals surface area (Å²) in [6, 6.07) is 7.78. The molecule has 0 radical (unpaired) electrons. The number of aliphatic hydroxyl groups is 1. The van der Waals surface area contributed by atoms with Gasteiger partial charge in [-0.3, -0.25) is 0 Å². The van der Waals surface area contributed by atoms with Crippen LogP contribution >= 0.6 is 0 Å². The molecule has 1 aliphatic rings. The predicted octanol–water partition coefficient (Wildman–Crippen LogP) is 2.73. The van der Waals surface area contributed by atoms with Gasteiger partial charge in [-0.25, -0.2) is 9.78 Å². The second-order valence-electron chi connectivity index (χ2n) is 7.05. The highest BCUT2D eigenvalue weighted by Gasteiger charge is 2.28. The first-order chi connectivity index (χ1) is 12.1. The summed E-state index contributed by atoms with van der Waals surface area (Å²) in [4.78, 5) is 16.6. The first-order valence-electron chi connectivity index (χ1n) is 9.23. The molecule has 3 N–H and O–H groups in total. The average Bonchev–Trinajstić information content (AvgIpc) is 2.77. The molecule has 0 aliphatic heterocycles. The van der Waals surface area contributed by atoms with Gasteiger partial charge in [0, 0.05) is 19.6 Å². The highest BCUT2D eigenvalue weighted by atomic mass is 16.3. The van der Waals surface area contributed by atoms with Gasteiger partial charge in [-0.1, -0.05) is 37.8 Å². The summed E-state index contributed by atoms with van der Waals surface area (Å²) in [6.07, 6.45) is 5.96. The quantitative estimate of drug-likeness (QED) is 0.730. The van der Waals surface area contributed by atoms with Gasteiger partial charge in [0.25, 0.3) is 0 Å². The SMILES string of the molecule is Cc1nc2ccccc2n1CCNC(=O)NCC1(O)CCCCCC1. The van der Waals surface area contributed by atoms with Gasteiger partial charge in [-0.2, -0.15) is 0 Å². The number of carbonyl (C=O) groups excluding carboxylic acids is 1. The molecule has 0 bridgehead atoms. The molecule has 0 atom stereocenters. The molecule has 2 aromatic rings. The van der Waals surface area contributed by atoms with E-state index in [-0.39, 0.29) is 6.03 Å². The Hall–Kier alpha value is -2.08. The Morgan fingerprint density at radius 3 is 2.68 bits per heavy atom. The molecule has 0 spiro atoms. The predicted molar refractivity (Wildman–Crippen MR) is 98.5 cm³/mol. The van der Waals surface area contributed by atoms with Gasteiger partial charge in [-0.15, -0.1) is 0 Å². The summed E-state index contributed by atoms with van der Waals surface area (Å²) in [5.41, 5.74) is 1.31. The van der Waals surface area contributed by atoms with E-state index in [0.717, 1.165) is 42.5 Å². The molecular weight excluding hydrogens is 316 g/mol. The van der Waals surface area contributed by atoms with Crippen LogP contribution in [0.1, 0.15) is 44.3 Å². The number of hydrogen-bond donors (Lipinski definition) is 3. The van der Waals surface area contributed by atoms with E-state index in [0.29, 0.717) is 19.6 Å². The number of aromatic nitrogens is 2. The van der Waals surface area contributed by atoms with Crippen LogP contribution < -0.4 is 10.6 Å². The minimum atomic E-state index is -0.745. The van der Waals surface area contributed by atoms with Crippen molar-refractivity contribution in [3.05, 3.63) is 30.1 Å². The normalized spacial score (nSPS) is 17.2. The molecule has 1 heterocycles. The fraction of sp³-hybridized carbons (Fsp3) is 0.579. The number of urea groups is 1. The third-order valence-corrected chi connectivity index (χ3v) is 5.08. The number of hydrogen-bond acceptors (Lipinski definition) is 3. The van der Waals surface area contributed by atoms with E-state index in [4.69, 9.17) is 0 Å². The molecule has 1 aromatic heterocycles. The maximum Gasteiger partial charge on any atom is 0.314 e. The zero-order chi connectivity index (χ0) is 17.7. The molecule has 0 saturated heterocycles. The second-order valence-corrected chi connectivity index (χ2v) is 7.05. The molecule has 0 unspecified atom stereocenters. The lowest BCUT2D eigenvalue weighted by Gasteiger charge is -2.26. The summed E-state index contributed by atoms with van der Waals surface area (Å²) in [6.45, 7) is 3.49. The van der Waals surface area contributed by atoms with Gasteiger partial charge >= 0.3 is 6.03 Å². The van der Waals surface area contributed by atoms with Crippen molar-refractivity contribution in [3.63, 3.8) is 0 Å². The van der Waals surface area contributed by atoms with Crippen molar-refractivity contribution in [2.45, 2.75) is 57.6 Å². The molecule has 1 aromatic carbocycles. The van der Waals surface area contributed by atoms with Crippen molar-refractivity contribution in [1.82, 2.24) is 20.2 Å². The molecule has 25 heavy (non-hydrogen) atoms. The maximum atomic E-state index is 12.0. The maximum absolute atomic E-state index is 12.0. The van der Waals surface area contributed by atoms with Crippen LogP contribution in [0, 0.1) is 6.92 Å². The number of amides is 2. The lowest BCUT2D eigenvalue weighted by molar-refractivity contribution is 0.0277. The number of nitrogens with one attached hydrogen (secondary N) is 2. The van der Waals surface area contributed by atoms with Crippen LogP contribution in [0.15, 0.2) is 24.3 Å². The van der Waals surface area contributed by atoms with Gasteiger partial charge in [0.1, 0.15) is 5.82 Å². The molecule has 3 rings (SSSR count). The van der Waals surface area contributed by atoms with Gasteiger partial charge in [0.15, 0.2) is 0 Å². The molecule has 1 aliphatic carbocycles. The molecule has 2 amide bonds. The zero-order valence-electron chi connectivity index (χ0n) is 14.9. The first-order valence-corrected chi connectivity index (χ1v) is 9.23. The van der Waals surface area contributed by atoms with Crippen molar-refractivity contribution in [2.75, 3.05) is 13.1 Å². The summed E-state index contributed by atoms with van der Waals surface area (Å²) in [5.74, 6) is 0.941. The van der Waals surface area contributed by atoms with Crippen molar-refractivity contribution in [1.29, 1.82) is 0 Å². The van der Waals surface area contributed by atoms with E-state index in [1.165, 1.54) is 12.8 Å². The van der Waals surface area contributed by atoms with E-state index >= 15 is 0 Å². The van der Waals surface area contributed by atoms with Crippen LogP contribution in [0.3, 0.4) is 0 Å². The van der Waals surface area contributed by atoms with Crippen LogP contribution in [-0.2, 0) is 6.54 Å². The Labute approximate surface area is 148 Å². The van der Waals surface area contributed by atoms with Crippen LogP contribution in [0.5, 0.6) is 0 Å². The fourth-order valence-electron chi connectivity index (χ4n) is 3.63. The fourth-order valence-corrected chi connectivity index (χ4v) is 3.63. The molecule has 1 saturated carbocycles. The van der Waals surface area contributed by atoms with E-state index < -0.39 is 5.60 Å². The number of nitrogens with zero attached hydrogens (tertiary/aromatic N) is 2. The van der Waals surface area contributed by atoms with Crippen LogP contribution in [-0.4, -0.2) is 39.4 Å². The first kappa shape index (κ1) is 17.7. The summed E-state index contributed by atoms with van der Waals surface area (Å²) in [7, 11) is 0. The smallest absolute Gasteiger partial charge is 0.314 e. The van der Waals surface area contributed by atoms with Crippen LogP contribution in [0.2, 0.25) is 0 Å². The molecule has 6 heteroatoms. The minimum Gasteiger partial charge on any atom is -0.388 e. The van der Waals surface area contributed by atoms with Gasteiger partial charge in [-0.05, 0) is 31.9 Å². The molecule has 1 fully saturated rings. The van der Waals surface area contributed by atoms with Crippen molar-refractivity contribution in [2.24, 2.45) is 0 Å². The Morgan fingerprint density at radius 1 is 1.20 bits per heavy atom. The summed E-state index contributed by atoms with van der Waals surface area (Å²) in [5, 5.41) is 16.3. The molecular formula is C19H28N4O2. The van der Waals surface area contributed by atoms with E-state index in [1.807, 2.05) is 31.2 Å². The number of imidazole rings is 1. The number of fused-ring (bicyclic) bond motifs is 1. The van der Waals surface area contributed by atoms with Crippen molar-refractivity contribution in [3.8, 4) is 0 Å². The highest BCUT2D eigenvalue weighted by molar-refractivity contribution is 5.76. The summed E-state index contributed by atoms with van der Waals surface area (Å²) < 4.78 is 2.11. The monoisotopic (exact) mass is 344 g/mol. The van der Waals surface area contributed by atoms with Gasteiger partial charge in [0.2, 0.25) is 0 Å². The minimum absolute atomic E-state index is 0.222. The molecule has 6 nitrogen and oxygen atoms in total. The number of para-hydroxylation sites is 2. The number of carbonyl (C=O) groups is 1. The van der Waals surface area contributed by atoms with Gasteiger partial charge in [0.05, 0.1) is 16.6 Å². The zero-order valence-corrected chi connectivity index (χ0v) is 14.9. The van der Waals surface area contributed by atoms with Crippen LogP contribution in [0.4, 0.5) is 4.79 Å². The Balaban J connectivity index is 1.47. The lowest BCUT2D eigenvalue weighted by atomic mass is 9.95. The highest BCUT2D eigenvalue weighted by Crippen LogP contribution is 2.26. The van der Waals surface area contributed by atoms with E-state index in [1.54, 1.807) is 0 Å². The molecule has 136 valence electrons. The Bertz CT molecular complexity index is 717. The van der Waals surface area contributed by atoms with Crippen LogP contribution in [0.25, 0.3) is 11.0 Å². The van der Waals surface area contributed by atoms with Gasteiger partial charge < -0.3 is 20.3 Å². The van der Waals surface area contributed by atoms with Crippen molar-refractivity contribution >= 4 is 17.1 Å². The second kappa shape index (κ2) is 7.87. The number of rotatable bonds is 5. The Kier molecular flexibility index (Phi) is 5.58. The number of aryl methyl sites for hydroxylation is 1. The number of benzene rings is 1. The van der Waals surface area contributed by atoms with E-state index in [2.05, 4.69) is 20.2 Å². The standard InChI is InChI=1S/C19H28N4O2/c1-15-22-16-8-4-5-9-17(16)23(15)13-12-20-18(24)21-14-19(25)10-6-2-3-7-11-19/h4-5,8-9,25H,2-3,6-7,10-14H2,1H3,(H2,20,21,24). The van der Waals surface area contributed by atoms with Crippen molar-refractivity contribution < 1.29 is 9.90 Å².